The smallest absolute Gasteiger partial charge is 0.251 e. The quantitative estimate of drug-likeness (QED) is 0.778. The molecule has 21 heavy (non-hydrogen) atoms. The average Bonchev–Trinajstić information content (AvgIpc) is 2.48. The molecule has 0 radical (unpaired) electrons. The van der Waals surface area contributed by atoms with E-state index in [2.05, 4.69) is 10.6 Å². The van der Waals surface area contributed by atoms with Crippen molar-refractivity contribution in [3.63, 3.8) is 0 Å². The molecular weight excluding hydrogens is 268 g/mol. The van der Waals surface area contributed by atoms with Gasteiger partial charge in [-0.15, -0.1) is 0 Å². The van der Waals surface area contributed by atoms with Gasteiger partial charge in [0.25, 0.3) is 5.91 Å². The molecule has 2 rings (SSSR count). The van der Waals surface area contributed by atoms with Gasteiger partial charge in [0.2, 0.25) is 5.91 Å². The van der Waals surface area contributed by atoms with Crippen LogP contribution in [0.2, 0.25) is 0 Å². The second kappa shape index (κ2) is 7.22. The van der Waals surface area contributed by atoms with E-state index in [1.54, 1.807) is 12.1 Å². The Morgan fingerprint density at radius 1 is 1.19 bits per heavy atom. The average molecular weight is 290 g/mol. The minimum absolute atomic E-state index is 0.0735. The molecule has 1 fully saturated rings. The summed E-state index contributed by atoms with van der Waals surface area (Å²) in [6, 6.07) is 6.98. The zero-order chi connectivity index (χ0) is 15.2. The molecule has 0 spiro atoms. The van der Waals surface area contributed by atoms with Crippen LogP contribution in [-0.4, -0.2) is 35.6 Å². The minimum Gasteiger partial charge on any atom is -0.391 e. The van der Waals surface area contributed by atoms with Crippen LogP contribution in [0.4, 0.5) is 0 Å². The van der Waals surface area contributed by atoms with Crippen LogP contribution in [0.25, 0.3) is 0 Å². The molecule has 1 aromatic carbocycles. The highest BCUT2D eigenvalue weighted by molar-refractivity contribution is 5.96. The van der Waals surface area contributed by atoms with Crippen LogP contribution in [0.15, 0.2) is 24.3 Å². The Labute approximate surface area is 124 Å². The van der Waals surface area contributed by atoms with E-state index >= 15 is 0 Å². The summed E-state index contributed by atoms with van der Waals surface area (Å²) >= 11 is 0. The Balaban J connectivity index is 1.78. The topological polar surface area (TPSA) is 78.4 Å². The number of aryl methyl sites for hydroxylation is 1. The van der Waals surface area contributed by atoms with Crippen molar-refractivity contribution in [2.75, 3.05) is 6.54 Å². The predicted molar refractivity (Wildman–Crippen MR) is 79.9 cm³/mol. The fourth-order valence-corrected chi connectivity index (χ4v) is 2.51. The van der Waals surface area contributed by atoms with Crippen molar-refractivity contribution in [3.05, 3.63) is 35.4 Å². The van der Waals surface area contributed by atoms with Gasteiger partial charge in [-0.05, 0) is 31.9 Å². The van der Waals surface area contributed by atoms with E-state index in [0.717, 1.165) is 31.2 Å². The third-order valence-electron chi connectivity index (χ3n) is 3.80. The van der Waals surface area contributed by atoms with E-state index < -0.39 is 6.10 Å². The van der Waals surface area contributed by atoms with Crippen LogP contribution in [0.3, 0.4) is 0 Å². The van der Waals surface area contributed by atoms with E-state index in [-0.39, 0.29) is 24.4 Å². The molecule has 1 aliphatic rings. The zero-order valence-electron chi connectivity index (χ0n) is 12.3. The molecule has 0 aliphatic heterocycles. The van der Waals surface area contributed by atoms with Crippen molar-refractivity contribution in [1.82, 2.24) is 10.6 Å². The maximum absolute atomic E-state index is 11.9. The van der Waals surface area contributed by atoms with E-state index in [9.17, 15) is 14.7 Å². The number of carbonyl (C=O) groups is 2. The molecule has 0 bridgehead atoms. The van der Waals surface area contributed by atoms with Gasteiger partial charge in [-0.1, -0.05) is 30.5 Å². The van der Waals surface area contributed by atoms with Crippen molar-refractivity contribution in [2.24, 2.45) is 0 Å². The van der Waals surface area contributed by atoms with Gasteiger partial charge >= 0.3 is 0 Å². The molecule has 5 heteroatoms. The standard InChI is InChI=1S/C16H22N2O3/c1-11-6-8-12(9-7-11)16(21)17-10-15(20)18-13-4-2-3-5-14(13)19/h6-9,13-14,19H,2-5,10H2,1H3,(H,17,21)(H,18,20)/t13-,14-/m0/s1. The van der Waals surface area contributed by atoms with Gasteiger partial charge in [0.05, 0.1) is 18.7 Å². The van der Waals surface area contributed by atoms with Gasteiger partial charge in [-0.25, -0.2) is 0 Å². The van der Waals surface area contributed by atoms with E-state index in [1.165, 1.54) is 0 Å². The van der Waals surface area contributed by atoms with Crippen molar-refractivity contribution < 1.29 is 14.7 Å². The summed E-state index contributed by atoms with van der Waals surface area (Å²) in [4.78, 5) is 23.7. The first-order valence-electron chi connectivity index (χ1n) is 7.38. The number of hydrogen-bond acceptors (Lipinski definition) is 3. The Morgan fingerprint density at radius 3 is 2.52 bits per heavy atom. The Morgan fingerprint density at radius 2 is 1.86 bits per heavy atom. The molecule has 2 atom stereocenters. The predicted octanol–water partition coefficient (Wildman–Crippen LogP) is 1.14. The van der Waals surface area contributed by atoms with Crippen molar-refractivity contribution in [1.29, 1.82) is 0 Å². The molecule has 1 saturated carbocycles. The highest BCUT2D eigenvalue weighted by Crippen LogP contribution is 2.18. The largest absolute Gasteiger partial charge is 0.391 e. The van der Waals surface area contributed by atoms with Gasteiger partial charge in [-0.2, -0.15) is 0 Å². The summed E-state index contributed by atoms with van der Waals surface area (Å²) in [5.74, 6) is -0.532. The number of amides is 2. The molecule has 3 N–H and O–H groups in total. The van der Waals surface area contributed by atoms with Crippen LogP contribution in [0.5, 0.6) is 0 Å². The van der Waals surface area contributed by atoms with Gasteiger partial charge in [0.1, 0.15) is 0 Å². The number of aliphatic hydroxyl groups excluding tert-OH is 1. The molecule has 1 aromatic rings. The van der Waals surface area contributed by atoms with Crippen LogP contribution in [-0.2, 0) is 4.79 Å². The summed E-state index contributed by atoms with van der Waals surface area (Å²) in [6.07, 6.45) is 3.05. The molecule has 114 valence electrons. The highest BCUT2D eigenvalue weighted by Gasteiger charge is 2.24. The minimum atomic E-state index is -0.476. The summed E-state index contributed by atoms with van der Waals surface area (Å²) in [5.41, 5.74) is 1.61. The second-order valence-electron chi connectivity index (χ2n) is 5.57. The monoisotopic (exact) mass is 290 g/mol. The Bertz CT molecular complexity index is 499. The van der Waals surface area contributed by atoms with Crippen LogP contribution < -0.4 is 10.6 Å². The zero-order valence-corrected chi connectivity index (χ0v) is 12.3. The summed E-state index contributed by atoms with van der Waals surface area (Å²) in [7, 11) is 0. The third-order valence-corrected chi connectivity index (χ3v) is 3.80. The summed E-state index contributed by atoms with van der Waals surface area (Å²) in [6.45, 7) is 1.88. The van der Waals surface area contributed by atoms with Gasteiger partial charge in [-0.3, -0.25) is 9.59 Å². The molecule has 0 saturated heterocycles. The summed E-state index contributed by atoms with van der Waals surface area (Å²) < 4.78 is 0. The van der Waals surface area contributed by atoms with E-state index in [0.29, 0.717) is 5.56 Å². The number of rotatable bonds is 4. The lowest BCUT2D eigenvalue weighted by molar-refractivity contribution is -0.122. The van der Waals surface area contributed by atoms with Gasteiger partial charge in [0.15, 0.2) is 0 Å². The molecule has 5 nitrogen and oxygen atoms in total. The van der Waals surface area contributed by atoms with Crippen LogP contribution in [0.1, 0.15) is 41.6 Å². The number of carbonyl (C=O) groups excluding carboxylic acids is 2. The van der Waals surface area contributed by atoms with Crippen molar-refractivity contribution >= 4 is 11.8 Å². The first kappa shape index (κ1) is 15.5. The SMILES string of the molecule is Cc1ccc(C(=O)NCC(=O)N[C@H]2CCCC[C@@H]2O)cc1. The lowest BCUT2D eigenvalue weighted by atomic mass is 9.92. The number of aliphatic hydroxyl groups is 1. The number of benzene rings is 1. The second-order valence-corrected chi connectivity index (χ2v) is 5.57. The lowest BCUT2D eigenvalue weighted by Gasteiger charge is -2.28. The highest BCUT2D eigenvalue weighted by atomic mass is 16.3. The number of hydrogen-bond donors (Lipinski definition) is 3. The van der Waals surface area contributed by atoms with Crippen molar-refractivity contribution in [3.8, 4) is 0 Å². The molecule has 1 aliphatic carbocycles. The Kier molecular flexibility index (Phi) is 5.33. The fourth-order valence-electron chi connectivity index (χ4n) is 2.51. The molecule has 0 unspecified atom stereocenters. The first-order valence-corrected chi connectivity index (χ1v) is 7.38. The van der Waals surface area contributed by atoms with Crippen molar-refractivity contribution in [2.45, 2.75) is 44.8 Å². The normalized spacial score (nSPS) is 21.6. The fraction of sp³-hybridized carbons (Fsp3) is 0.500. The van der Waals surface area contributed by atoms with E-state index in [4.69, 9.17) is 0 Å². The maximum Gasteiger partial charge on any atom is 0.251 e. The van der Waals surface area contributed by atoms with Crippen LogP contribution >= 0.6 is 0 Å². The Hall–Kier alpha value is -1.88. The molecule has 0 heterocycles. The van der Waals surface area contributed by atoms with Gasteiger partial charge in [0, 0.05) is 5.56 Å². The van der Waals surface area contributed by atoms with Gasteiger partial charge < -0.3 is 15.7 Å². The lowest BCUT2D eigenvalue weighted by Crippen LogP contribution is -2.48. The third kappa shape index (κ3) is 4.56. The first-order chi connectivity index (χ1) is 10.1. The molecule has 0 aromatic heterocycles. The summed E-state index contributed by atoms with van der Waals surface area (Å²) in [5, 5.41) is 15.2. The van der Waals surface area contributed by atoms with E-state index in [1.807, 2.05) is 19.1 Å². The molecular formula is C16H22N2O3. The molecule has 2 amide bonds. The maximum atomic E-state index is 11.9. The van der Waals surface area contributed by atoms with Crippen LogP contribution in [0, 0.1) is 6.92 Å². The number of nitrogens with one attached hydrogen (secondary N) is 2.